The number of nitrogens with zero attached hydrogens (tertiary/aromatic N) is 1. The van der Waals surface area contributed by atoms with E-state index < -0.39 is 36.0 Å². The molecule has 0 spiro atoms. The van der Waals surface area contributed by atoms with E-state index in [0.717, 1.165) is 0 Å². The first kappa shape index (κ1) is 25.7. The van der Waals surface area contributed by atoms with Gasteiger partial charge < -0.3 is 44.2 Å². The molecule has 36 heavy (non-hydrogen) atoms. The average Bonchev–Trinajstić information content (AvgIpc) is 3.54. The Hall–Kier alpha value is -3.38. The number of aliphatic hydroxyl groups excluding tert-OH is 3. The molecule has 1 aromatic carbocycles. The SMILES string of the molecule is COCC(=O)N(Cc1ccoc1)C1C=C(C(=O)NCCO)C2c3cc(CO)cc(OC)c3OC2C1O. The van der Waals surface area contributed by atoms with E-state index in [9.17, 15) is 24.9 Å². The molecule has 2 aliphatic rings. The van der Waals surface area contributed by atoms with Gasteiger partial charge in [-0.1, -0.05) is 0 Å². The lowest BCUT2D eigenvalue weighted by Crippen LogP contribution is -2.56. The fourth-order valence-electron chi connectivity index (χ4n) is 4.76. The average molecular weight is 503 g/mol. The van der Waals surface area contributed by atoms with Crippen molar-refractivity contribution in [3.63, 3.8) is 0 Å². The molecule has 1 aromatic heterocycles. The van der Waals surface area contributed by atoms with Gasteiger partial charge in [0, 0.05) is 36.9 Å². The second kappa shape index (κ2) is 11.1. The summed E-state index contributed by atoms with van der Waals surface area (Å²) in [6, 6.07) is 4.11. The van der Waals surface area contributed by atoms with Crippen LogP contribution in [0.25, 0.3) is 0 Å². The highest BCUT2D eigenvalue weighted by Crippen LogP contribution is 2.51. The summed E-state index contributed by atoms with van der Waals surface area (Å²) in [4.78, 5) is 27.7. The molecule has 194 valence electrons. The molecule has 0 saturated heterocycles. The van der Waals surface area contributed by atoms with Crippen molar-refractivity contribution in [3.8, 4) is 11.5 Å². The molecule has 2 amide bonds. The van der Waals surface area contributed by atoms with Gasteiger partial charge in [0.15, 0.2) is 11.5 Å². The zero-order chi connectivity index (χ0) is 25.8. The van der Waals surface area contributed by atoms with Crippen molar-refractivity contribution in [2.45, 2.75) is 37.3 Å². The van der Waals surface area contributed by atoms with E-state index in [4.69, 9.17) is 18.6 Å². The number of hydrogen-bond donors (Lipinski definition) is 4. The van der Waals surface area contributed by atoms with Gasteiger partial charge in [-0.2, -0.15) is 0 Å². The van der Waals surface area contributed by atoms with Crippen LogP contribution in [0.4, 0.5) is 0 Å². The van der Waals surface area contributed by atoms with Gasteiger partial charge in [0.25, 0.3) is 0 Å². The van der Waals surface area contributed by atoms with Crippen molar-refractivity contribution in [2.24, 2.45) is 0 Å². The minimum Gasteiger partial charge on any atom is -0.493 e. The minimum atomic E-state index is -1.22. The smallest absolute Gasteiger partial charge is 0.249 e. The molecule has 2 heterocycles. The Kier molecular flexibility index (Phi) is 7.94. The molecule has 4 atom stereocenters. The maximum absolute atomic E-state index is 13.3. The Morgan fingerprint density at radius 2 is 2.00 bits per heavy atom. The Bertz CT molecular complexity index is 1110. The number of fused-ring (bicyclic) bond motifs is 3. The van der Waals surface area contributed by atoms with Crippen LogP contribution in [-0.2, 0) is 27.5 Å². The van der Waals surface area contributed by atoms with Crippen LogP contribution in [0.15, 0.2) is 46.8 Å². The van der Waals surface area contributed by atoms with Crippen LogP contribution in [0, 0.1) is 0 Å². The highest BCUT2D eigenvalue weighted by atomic mass is 16.5. The number of carbonyl (C=O) groups is 2. The molecule has 4 rings (SSSR count). The van der Waals surface area contributed by atoms with Gasteiger partial charge in [-0.25, -0.2) is 0 Å². The molecule has 0 fully saturated rings. The van der Waals surface area contributed by atoms with Crippen LogP contribution in [0.3, 0.4) is 0 Å². The van der Waals surface area contributed by atoms with Gasteiger partial charge in [0.05, 0.1) is 44.8 Å². The zero-order valence-electron chi connectivity index (χ0n) is 20.0. The lowest BCUT2D eigenvalue weighted by molar-refractivity contribution is -0.141. The number of rotatable bonds is 10. The van der Waals surface area contributed by atoms with Crippen LogP contribution in [-0.4, -0.2) is 84.3 Å². The molecule has 2 aromatic rings. The normalized spacial score (nSPS) is 22.2. The Morgan fingerprint density at radius 3 is 2.64 bits per heavy atom. The summed E-state index contributed by atoms with van der Waals surface area (Å²) in [5, 5.41) is 33.1. The number of nitrogens with one attached hydrogen (secondary N) is 1. The number of amides is 2. The largest absolute Gasteiger partial charge is 0.493 e. The molecule has 1 aliphatic heterocycles. The number of benzene rings is 1. The Balaban J connectivity index is 1.81. The molecule has 1 aliphatic carbocycles. The molecule has 4 unspecified atom stereocenters. The number of furan rings is 1. The van der Waals surface area contributed by atoms with Crippen LogP contribution in [0.2, 0.25) is 0 Å². The number of aliphatic hydroxyl groups is 3. The predicted octanol–water partition coefficient (Wildman–Crippen LogP) is 0.0783. The van der Waals surface area contributed by atoms with Gasteiger partial charge >= 0.3 is 0 Å². The summed E-state index contributed by atoms with van der Waals surface area (Å²) in [6.07, 6.45) is 2.39. The molecular weight excluding hydrogens is 472 g/mol. The monoisotopic (exact) mass is 502 g/mol. The quantitative estimate of drug-likeness (QED) is 0.354. The topological polar surface area (TPSA) is 151 Å². The van der Waals surface area contributed by atoms with E-state index >= 15 is 0 Å². The predicted molar refractivity (Wildman–Crippen MR) is 125 cm³/mol. The lowest BCUT2D eigenvalue weighted by Gasteiger charge is -2.40. The molecular formula is C25H30N2O9. The molecule has 11 nitrogen and oxygen atoms in total. The fraction of sp³-hybridized carbons (Fsp3) is 0.440. The number of carbonyl (C=O) groups excluding carboxylic acids is 2. The number of ether oxygens (including phenoxy) is 3. The van der Waals surface area contributed by atoms with Gasteiger partial charge in [-0.3, -0.25) is 9.59 Å². The van der Waals surface area contributed by atoms with Crippen LogP contribution >= 0.6 is 0 Å². The third kappa shape index (κ3) is 4.82. The van der Waals surface area contributed by atoms with E-state index in [-0.39, 0.29) is 38.5 Å². The van der Waals surface area contributed by atoms with Gasteiger partial charge in [0.1, 0.15) is 18.8 Å². The molecule has 0 bridgehead atoms. The van der Waals surface area contributed by atoms with E-state index in [1.165, 1.54) is 31.6 Å². The summed E-state index contributed by atoms with van der Waals surface area (Å²) in [5.74, 6) is -0.851. The van der Waals surface area contributed by atoms with Crippen molar-refractivity contribution in [3.05, 3.63) is 59.1 Å². The summed E-state index contributed by atoms with van der Waals surface area (Å²) < 4.78 is 21.8. The second-order valence-electron chi connectivity index (χ2n) is 8.60. The van der Waals surface area contributed by atoms with Crippen molar-refractivity contribution in [1.29, 1.82) is 0 Å². The maximum Gasteiger partial charge on any atom is 0.249 e. The first-order chi connectivity index (χ1) is 17.4. The van der Waals surface area contributed by atoms with E-state index in [2.05, 4.69) is 5.32 Å². The summed E-state index contributed by atoms with van der Waals surface area (Å²) in [7, 11) is 2.86. The Labute approximate surface area is 207 Å². The molecule has 11 heteroatoms. The molecule has 4 N–H and O–H groups in total. The van der Waals surface area contributed by atoms with Crippen molar-refractivity contribution in [2.75, 3.05) is 34.0 Å². The van der Waals surface area contributed by atoms with E-state index in [1.54, 1.807) is 24.3 Å². The van der Waals surface area contributed by atoms with E-state index in [1.807, 2.05) is 0 Å². The first-order valence-electron chi connectivity index (χ1n) is 11.5. The highest BCUT2D eigenvalue weighted by molar-refractivity contribution is 5.96. The van der Waals surface area contributed by atoms with Gasteiger partial charge in [0.2, 0.25) is 11.8 Å². The third-order valence-electron chi connectivity index (χ3n) is 6.38. The van der Waals surface area contributed by atoms with E-state index in [0.29, 0.717) is 28.2 Å². The second-order valence-corrected chi connectivity index (χ2v) is 8.60. The first-order valence-corrected chi connectivity index (χ1v) is 11.5. The summed E-state index contributed by atoms with van der Waals surface area (Å²) >= 11 is 0. The third-order valence-corrected chi connectivity index (χ3v) is 6.38. The lowest BCUT2D eigenvalue weighted by atomic mass is 9.77. The van der Waals surface area contributed by atoms with Crippen LogP contribution < -0.4 is 14.8 Å². The maximum atomic E-state index is 13.3. The molecule has 0 radical (unpaired) electrons. The highest BCUT2D eigenvalue weighted by Gasteiger charge is 2.51. The van der Waals surface area contributed by atoms with Crippen molar-refractivity contribution in [1.82, 2.24) is 10.2 Å². The minimum absolute atomic E-state index is 0.0236. The van der Waals surface area contributed by atoms with Gasteiger partial charge in [-0.15, -0.1) is 0 Å². The summed E-state index contributed by atoms with van der Waals surface area (Å²) in [5.41, 5.74) is 2.09. The summed E-state index contributed by atoms with van der Waals surface area (Å²) in [6.45, 7) is -0.621. The Morgan fingerprint density at radius 1 is 1.19 bits per heavy atom. The van der Waals surface area contributed by atoms with Crippen LogP contribution in [0.1, 0.15) is 22.6 Å². The van der Waals surface area contributed by atoms with Crippen LogP contribution in [0.5, 0.6) is 11.5 Å². The van der Waals surface area contributed by atoms with Crippen molar-refractivity contribution < 1.29 is 43.5 Å². The zero-order valence-corrected chi connectivity index (χ0v) is 20.0. The molecule has 0 saturated carbocycles. The van der Waals surface area contributed by atoms with Gasteiger partial charge in [-0.05, 0) is 29.8 Å². The van der Waals surface area contributed by atoms with Crippen molar-refractivity contribution >= 4 is 11.8 Å². The fourth-order valence-corrected chi connectivity index (χ4v) is 4.76. The number of hydrogen-bond acceptors (Lipinski definition) is 9. The number of methoxy groups -OCH3 is 2. The standard InChI is InChI=1S/C25H30N2O9/c1-33-13-20(30)27(10-14-3-6-35-12-14)18-9-17(25(32)26-4-5-28)21-16-7-15(11-29)8-19(34-2)23(16)36-24(21)22(18)31/h3,6-9,12,18,21-22,24,28-29,31H,4-5,10-11,13H2,1-2H3,(H,26,32).